The Morgan fingerprint density at radius 2 is 2.22 bits per heavy atom. The molecule has 1 aromatic rings. The number of amides is 2. The van der Waals surface area contributed by atoms with Gasteiger partial charge in [-0.25, -0.2) is 0 Å². The van der Waals surface area contributed by atoms with Crippen LogP contribution in [-0.2, 0) is 9.59 Å². The molecule has 23 heavy (non-hydrogen) atoms. The van der Waals surface area contributed by atoms with E-state index in [1.165, 1.54) is 11.8 Å². The van der Waals surface area contributed by atoms with Gasteiger partial charge in [0.2, 0.25) is 5.91 Å². The zero-order valence-electron chi connectivity index (χ0n) is 13.6. The lowest BCUT2D eigenvalue weighted by atomic mass is 10.1. The zero-order chi connectivity index (χ0) is 16.8. The Labute approximate surface area is 146 Å². The van der Waals surface area contributed by atoms with Gasteiger partial charge in [0, 0.05) is 29.4 Å². The van der Waals surface area contributed by atoms with Gasteiger partial charge in [0.15, 0.2) is 4.87 Å². The number of fused-ring (bicyclic) bond motifs is 3. The van der Waals surface area contributed by atoms with Gasteiger partial charge in [-0.3, -0.25) is 14.5 Å². The number of anilines is 1. The monoisotopic (exact) mass is 352 g/mol. The van der Waals surface area contributed by atoms with Crippen LogP contribution in [0.3, 0.4) is 0 Å². The van der Waals surface area contributed by atoms with Crippen LogP contribution in [0.1, 0.15) is 33.6 Å². The van der Waals surface area contributed by atoms with Gasteiger partial charge in [0.25, 0.3) is 5.91 Å². The van der Waals surface area contributed by atoms with Crippen LogP contribution in [0.5, 0.6) is 0 Å². The Morgan fingerprint density at radius 1 is 1.48 bits per heavy atom. The average molecular weight is 353 g/mol. The molecule has 6 heteroatoms. The van der Waals surface area contributed by atoms with Crippen LogP contribution in [0, 0.1) is 5.92 Å². The van der Waals surface area contributed by atoms with Crippen molar-refractivity contribution < 1.29 is 9.59 Å². The van der Waals surface area contributed by atoms with Crippen LogP contribution in [0.4, 0.5) is 5.69 Å². The molecule has 2 heterocycles. The minimum Gasteiger partial charge on any atom is -0.340 e. The Kier molecular flexibility index (Phi) is 4.36. The molecule has 2 amide bonds. The molecule has 0 N–H and O–H groups in total. The zero-order valence-corrected chi connectivity index (χ0v) is 15.2. The Bertz CT molecular complexity index is 664. The first-order valence-corrected chi connectivity index (χ1v) is 9.19. The van der Waals surface area contributed by atoms with Gasteiger partial charge in [0.05, 0.1) is 5.69 Å². The number of hydrogen-bond acceptors (Lipinski definition) is 3. The van der Waals surface area contributed by atoms with Gasteiger partial charge in [-0.2, -0.15) is 0 Å². The molecule has 4 nitrogen and oxygen atoms in total. The molecule has 1 atom stereocenters. The number of thioether (sulfide) groups is 1. The third-order valence-corrected chi connectivity index (χ3v) is 6.02. The lowest BCUT2D eigenvalue weighted by Gasteiger charge is -2.35. The number of carbonyl (C=O) groups excluding carboxylic acids is 2. The van der Waals surface area contributed by atoms with Crippen molar-refractivity contribution in [3.63, 3.8) is 0 Å². The molecule has 2 aliphatic rings. The second-order valence-corrected chi connectivity index (χ2v) is 8.22. The van der Waals surface area contributed by atoms with E-state index in [-0.39, 0.29) is 11.8 Å². The number of hydrogen-bond donors (Lipinski definition) is 0. The number of rotatable bonds is 4. The van der Waals surface area contributed by atoms with Crippen molar-refractivity contribution in [2.45, 2.75) is 43.4 Å². The van der Waals surface area contributed by atoms with Gasteiger partial charge in [0.1, 0.15) is 0 Å². The summed E-state index contributed by atoms with van der Waals surface area (Å²) in [5.74, 6) is 0.438. The molecule has 124 valence electrons. The summed E-state index contributed by atoms with van der Waals surface area (Å²) in [5.41, 5.74) is 0.777. The van der Waals surface area contributed by atoms with Gasteiger partial charge in [-0.15, -0.1) is 0 Å². The van der Waals surface area contributed by atoms with E-state index in [4.69, 9.17) is 11.6 Å². The molecule has 3 rings (SSSR count). The standard InChI is InChI=1S/C17H21ClN2O2S/c1-4-19(10-11(2)3)16(22)17-8-7-15(21)20(17)13-9-12(18)5-6-14(13)23-17/h5-6,9,11H,4,7-8,10H2,1-3H3. The molecular weight excluding hydrogens is 332 g/mol. The molecule has 1 unspecified atom stereocenters. The molecule has 0 aliphatic carbocycles. The van der Waals surface area contributed by atoms with Gasteiger partial charge >= 0.3 is 0 Å². The normalized spacial score (nSPS) is 22.5. The smallest absolute Gasteiger partial charge is 0.259 e. The third-order valence-electron chi connectivity index (χ3n) is 4.32. The molecule has 0 bridgehead atoms. The maximum Gasteiger partial charge on any atom is 0.259 e. The molecule has 2 aliphatic heterocycles. The number of nitrogens with zero attached hydrogens (tertiary/aromatic N) is 2. The van der Waals surface area contributed by atoms with Crippen molar-refractivity contribution in [2.75, 3.05) is 18.0 Å². The number of carbonyl (C=O) groups is 2. The van der Waals surface area contributed by atoms with Gasteiger partial charge in [-0.05, 0) is 37.5 Å². The van der Waals surface area contributed by atoms with Crippen LogP contribution in [-0.4, -0.2) is 34.7 Å². The van der Waals surface area contributed by atoms with E-state index in [0.717, 1.165) is 10.6 Å². The maximum atomic E-state index is 13.3. The lowest BCUT2D eigenvalue weighted by molar-refractivity contribution is -0.134. The first kappa shape index (κ1) is 16.7. The summed E-state index contributed by atoms with van der Waals surface area (Å²) in [4.78, 5) is 29.5. The lowest BCUT2D eigenvalue weighted by Crippen LogP contribution is -2.54. The Morgan fingerprint density at radius 3 is 2.87 bits per heavy atom. The topological polar surface area (TPSA) is 40.6 Å². The van der Waals surface area contributed by atoms with Crippen LogP contribution in [0.25, 0.3) is 0 Å². The van der Waals surface area contributed by atoms with Crippen molar-refractivity contribution in [3.05, 3.63) is 23.2 Å². The predicted octanol–water partition coefficient (Wildman–Crippen LogP) is 3.77. The fourth-order valence-corrected chi connectivity index (χ4v) is 4.98. The summed E-state index contributed by atoms with van der Waals surface area (Å²) in [7, 11) is 0. The van der Waals surface area contributed by atoms with Crippen LogP contribution < -0.4 is 4.90 Å². The molecule has 0 spiro atoms. The van der Waals surface area contributed by atoms with Crippen LogP contribution in [0.15, 0.2) is 23.1 Å². The predicted molar refractivity (Wildman–Crippen MR) is 93.9 cm³/mol. The van der Waals surface area contributed by atoms with E-state index in [1.807, 2.05) is 24.0 Å². The minimum absolute atomic E-state index is 0.00691. The molecule has 0 saturated carbocycles. The summed E-state index contributed by atoms with van der Waals surface area (Å²) in [5, 5.41) is 0.585. The highest BCUT2D eigenvalue weighted by Crippen LogP contribution is 2.56. The van der Waals surface area contributed by atoms with Crippen molar-refractivity contribution in [1.29, 1.82) is 0 Å². The van der Waals surface area contributed by atoms with E-state index >= 15 is 0 Å². The molecule has 1 fully saturated rings. The number of halogens is 1. The highest BCUT2D eigenvalue weighted by atomic mass is 35.5. The van der Waals surface area contributed by atoms with E-state index in [2.05, 4.69) is 13.8 Å². The second-order valence-electron chi connectivity index (χ2n) is 6.47. The fourth-order valence-electron chi connectivity index (χ4n) is 3.35. The van der Waals surface area contributed by atoms with E-state index < -0.39 is 4.87 Å². The summed E-state index contributed by atoms with van der Waals surface area (Å²) in [6.45, 7) is 7.54. The highest BCUT2D eigenvalue weighted by Gasteiger charge is 2.58. The second kappa shape index (κ2) is 6.02. The molecule has 1 aromatic carbocycles. The molecular formula is C17H21ClN2O2S. The third kappa shape index (κ3) is 2.64. The summed E-state index contributed by atoms with van der Waals surface area (Å²) in [6.07, 6.45) is 0.958. The first-order valence-electron chi connectivity index (χ1n) is 8.00. The highest BCUT2D eigenvalue weighted by molar-refractivity contribution is 8.02. The van der Waals surface area contributed by atoms with Crippen molar-refractivity contribution >= 4 is 40.9 Å². The average Bonchev–Trinajstić information content (AvgIpc) is 3.00. The SMILES string of the molecule is CCN(CC(C)C)C(=O)C12CCC(=O)N1c1cc(Cl)ccc1S2. The number of likely N-dealkylation sites (N-methyl/N-ethyl adjacent to an activating group) is 1. The van der Waals surface area contributed by atoms with Crippen LogP contribution >= 0.6 is 23.4 Å². The molecule has 1 saturated heterocycles. The summed E-state index contributed by atoms with van der Waals surface area (Å²) >= 11 is 7.60. The Balaban J connectivity index is 2.00. The van der Waals surface area contributed by atoms with Gasteiger partial charge in [-0.1, -0.05) is 37.2 Å². The quantitative estimate of drug-likeness (QED) is 0.828. The van der Waals surface area contributed by atoms with Crippen molar-refractivity contribution in [1.82, 2.24) is 4.90 Å². The number of benzene rings is 1. The maximum absolute atomic E-state index is 13.3. The van der Waals surface area contributed by atoms with E-state index in [0.29, 0.717) is 36.9 Å². The summed E-state index contributed by atoms with van der Waals surface area (Å²) in [6, 6.07) is 5.51. The fraction of sp³-hybridized carbons (Fsp3) is 0.529. The van der Waals surface area contributed by atoms with Crippen molar-refractivity contribution in [3.8, 4) is 0 Å². The van der Waals surface area contributed by atoms with Crippen molar-refractivity contribution in [2.24, 2.45) is 5.92 Å². The minimum atomic E-state index is -0.824. The Hall–Kier alpha value is -1.20. The molecule has 0 aromatic heterocycles. The van der Waals surface area contributed by atoms with Gasteiger partial charge < -0.3 is 4.90 Å². The van der Waals surface area contributed by atoms with E-state index in [9.17, 15) is 9.59 Å². The summed E-state index contributed by atoms with van der Waals surface area (Å²) < 4.78 is 0. The largest absolute Gasteiger partial charge is 0.340 e. The van der Waals surface area contributed by atoms with E-state index in [1.54, 1.807) is 11.0 Å². The first-order chi connectivity index (χ1) is 10.9. The molecule has 0 radical (unpaired) electrons. The van der Waals surface area contributed by atoms with Crippen LogP contribution in [0.2, 0.25) is 5.02 Å².